The molecular formula is C75H128O6. The lowest BCUT2D eigenvalue weighted by Crippen LogP contribution is -2.30. The van der Waals surface area contributed by atoms with E-state index in [9.17, 15) is 14.4 Å². The second-order valence-corrected chi connectivity index (χ2v) is 22.7. The molecule has 6 nitrogen and oxygen atoms in total. The Kier molecular flexibility index (Phi) is 65.2. The van der Waals surface area contributed by atoms with Crippen LogP contribution in [-0.4, -0.2) is 37.2 Å². The van der Waals surface area contributed by atoms with Crippen LogP contribution in [0.3, 0.4) is 0 Å². The lowest BCUT2D eigenvalue weighted by atomic mass is 10.0. The topological polar surface area (TPSA) is 78.9 Å². The van der Waals surface area contributed by atoms with Crippen LogP contribution in [0.25, 0.3) is 0 Å². The molecule has 0 aromatic rings. The Balaban J connectivity index is 4.34. The van der Waals surface area contributed by atoms with Crippen molar-refractivity contribution in [2.75, 3.05) is 13.2 Å². The van der Waals surface area contributed by atoms with Gasteiger partial charge in [-0.3, -0.25) is 14.4 Å². The number of esters is 3. The van der Waals surface area contributed by atoms with Crippen LogP contribution in [0.2, 0.25) is 0 Å². The Morgan fingerprint density at radius 3 is 0.778 bits per heavy atom. The van der Waals surface area contributed by atoms with Crippen LogP contribution < -0.4 is 0 Å². The summed E-state index contributed by atoms with van der Waals surface area (Å²) in [4.78, 5) is 38.4. The summed E-state index contributed by atoms with van der Waals surface area (Å²) in [5.74, 6) is -0.915. The van der Waals surface area contributed by atoms with E-state index in [0.29, 0.717) is 19.3 Å². The fraction of sp³-hybridized carbons (Fsp3) is 0.720. The zero-order valence-corrected chi connectivity index (χ0v) is 53.3. The Morgan fingerprint density at radius 2 is 0.481 bits per heavy atom. The van der Waals surface area contributed by atoms with Gasteiger partial charge in [0.15, 0.2) is 6.10 Å². The van der Waals surface area contributed by atoms with Crippen molar-refractivity contribution in [2.24, 2.45) is 0 Å². The van der Waals surface area contributed by atoms with Crippen LogP contribution in [0.4, 0.5) is 0 Å². The van der Waals surface area contributed by atoms with Crippen LogP contribution in [-0.2, 0) is 28.6 Å². The van der Waals surface area contributed by atoms with Crippen LogP contribution >= 0.6 is 0 Å². The fourth-order valence-corrected chi connectivity index (χ4v) is 9.59. The first kappa shape index (κ1) is 77.1. The first-order valence-corrected chi connectivity index (χ1v) is 34.4. The van der Waals surface area contributed by atoms with E-state index < -0.39 is 6.10 Å². The highest BCUT2D eigenvalue weighted by Crippen LogP contribution is 2.16. The number of allylic oxidation sites excluding steroid dienone is 18. The number of carbonyl (C=O) groups is 3. The molecule has 81 heavy (non-hydrogen) atoms. The first-order valence-electron chi connectivity index (χ1n) is 34.4. The van der Waals surface area contributed by atoms with E-state index in [1.807, 2.05) is 0 Å². The number of carbonyl (C=O) groups excluding carboxylic acids is 3. The Bertz CT molecular complexity index is 1620. The Hall–Kier alpha value is -3.93. The molecule has 0 aliphatic carbocycles. The largest absolute Gasteiger partial charge is 0.462 e. The van der Waals surface area contributed by atoms with Gasteiger partial charge in [0.05, 0.1) is 0 Å². The zero-order chi connectivity index (χ0) is 58.5. The molecule has 0 amide bonds. The van der Waals surface area contributed by atoms with Crippen LogP contribution in [0, 0.1) is 0 Å². The number of hydrogen-bond donors (Lipinski definition) is 0. The normalized spacial score (nSPS) is 12.8. The lowest BCUT2D eigenvalue weighted by molar-refractivity contribution is -0.167. The van der Waals surface area contributed by atoms with Gasteiger partial charge in [0.2, 0.25) is 0 Å². The number of hydrogen-bond acceptors (Lipinski definition) is 6. The lowest BCUT2D eigenvalue weighted by Gasteiger charge is -2.18. The average molecular weight is 1130 g/mol. The van der Waals surface area contributed by atoms with Gasteiger partial charge >= 0.3 is 17.9 Å². The summed E-state index contributed by atoms with van der Waals surface area (Å²) in [6, 6.07) is 0. The van der Waals surface area contributed by atoms with E-state index in [1.165, 1.54) is 167 Å². The molecule has 0 heterocycles. The molecule has 0 bridgehead atoms. The summed E-state index contributed by atoms with van der Waals surface area (Å²) < 4.78 is 16.9. The van der Waals surface area contributed by atoms with E-state index >= 15 is 0 Å². The molecule has 0 radical (unpaired) electrons. The highest BCUT2D eigenvalue weighted by molar-refractivity contribution is 5.71. The van der Waals surface area contributed by atoms with E-state index in [0.717, 1.165) is 122 Å². The minimum atomic E-state index is -0.798. The van der Waals surface area contributed by atoms with Crippen molar-refractivity contribution in [1.29, 1.82) is 0 Å². The molecule has 0 aromatic carbocycles. The van der Waals surface area contributed by atoms with Gasteiger partial charge in [0, 0.05) is 19.3 Å². The molecule has 0 fully saturated rings. The van der Waals surface area contributed by atoms with E-state index in [1.54, 1.807) is 0 Å². The SMILES string of the molecule is CC/C=C\C/C=C\C/C=C\C/C=C\C/C=C\C/C=C\CCCCCCC(=O)OC(COC(=O)CCCCCCC/C=C\CCCCCC)COC(=O)CCCCCCCCCCCCCCCCC/C=C\C/C=C\CCCCCCC. The summed E-state index contributed by atoms with van der Waals surface area (Å²) in [6.07, 6.45) is 93.9. The van der Waals surface area contributed by atoms with Gasteiger partial charge < -0.3 is 14.2 Å². The minimum absolute atomic E-state index is 0.0906. The second-order valence-electron chi connectivity index (χ2n) is 22.7. The smallest absolute Gasteiger partial charge is 0.306 e. The second kappa shape index (κ2) is 68.6. The molecular weight excluding hydrogens is 997 g/mol. The number of ether oxygens (including phenoxy) is 3. The van der Waals surface area contributed by atoms with Crippen molar-refractivity contribution in [3.63, 3.8) is 0 Å². The molecule has 0 aromatic heterocycles. The third-order valence-electron chi connectivity index (χ3n) is 14.7. The summed E-state index contributed by atoms with van der Waals surface area (Å²) >= 11 is 0. The molecule has 0 saturated heterocycles. The van der Waals surface area contributed by atoms with Crippen molar-refractivity contribution in [2.45, 2.75) is 335 Å². The van der Waals surface area contributed by atoms with Crippen LogP contribution in [0.1, 0.15) is 329 Å². The summed E-state index contributed by atoms with van der Waals surface area (Å²) in [5.41, 5.74) is 0. The first-order chi connectivity index (χ1) is 40.0. The predicted molar refractivity (Wildman–Crippen MR) is 353 cm³/mol. The third kappa shape index (κ3) is 66.8. The Labute approximate surface area is 501 Å². The molecule has 0 saturated carbocycles. The quantitative estimate of drug-likeness (QED) is 0.0261. The predicted octanol–water partition coefficient (Wildman–Crippen LogP) is 23.8. The standard InChI is InChI=1S/C75H128O6/c1-4-7-10-13-16-19-22-25-27-29-31-33-35-36-37-38-40-41-43-45-47-50-53-56-59-62-65-68-74(77)80-71-72(70-79-73(76)67-64-61-58-55-52-49-24-21-18-15-12-9-6-3)81-75(78)69-66-63-60-57-54-51-48-46-44-42-39-34-32-30-28-26-23-20-17-14-11-8-5-2/h8,11,17,20-22,24-26,28-29,31-32,34,42,44,48,51,72H,4-7,9-10,12-16,18-19,23,27,30,33,35-41,43,45-47,49-50,52-71H2,1-3H3/b11-8-,20-17-,24-21-,25-22-,28-26-,31-29-,34-32-,44-42-,51-48-. The molecule has 0 spiro atoms. The third-order valence-corrected chi connectivity index (χ3v) is 14.7. The maximum Gasteiger partial charge on any atom is 0.306 e. The Morgan fingerprint density at radius 1 is 0.259 bits per heavy atom. The maximum absolute atomic E-state index is 12.9. The highest BCUT2D eigenvalue weighted by atomic mass is 16.6. The molecule has 0 rings (SSSR count). The van der Waals surface area contributed by atoms with Gasteiger partial charge in [-0.2, -0.15) is 0 Å². The average Bonchev–Trinajstić information content (AvgIpc) is 3.46. The number of unbranched alkanes of at least 4 members (excludes halogenated alkanes) is 33. The van der Waals surface area contributed by atoms with Gasteiger partial charge in [-0.1, -0.05) is 291 Å². The fourth-order valence-electron chi connectivity index (χ4n) is 9.59. The van der Waals surface area contributed by atoms with Crippen molar-refractivity contribution in [1.82, 2.24) is 0 Å². The zero-order valence-electron chi connectivity index (χ0n) is 53.3. The number of rotatable bonds is 62. The molecule has 0 aliphatic heterocycles. The van der Waals surface area contributed by atoms with Crippen molar-refractivity contribution < 1.29 is 28.6 Å². The summed E-state index contributed by atoms with van der Waals surface area (Å²) in [5, 5.41) is 0. The van der Waals surface area contributed by atoms with Crippen molar-refractivity contribution in [3.05, 3.63) is 109 Å². The molecule has 1 atom stereocenters. The molecule has 464 valence electrons. The molecule has 1 unspecified atom stereocenters. The van der Waals surface area contributed by atoms with Crippen LogP contribution in [0.5, 0.6) is 0 Å². The van der Waals surface area contributed by atoms with Gasteiger partial charge in [0.1, 0.15) is 13.2 Å². The summed E-state index contributed by atoms with van der Waals surface area (Å²) in [7, 11) is 0. The monoisotopic (exact) mass is 1120 g/mol. The molecule has 0 N–H and O–H groups in total. The van der Waals surface area contributed by atoms with Gasteiger partial charge in [-0.05, 0) is 128 Å². The minimum Gasteiger partial charge on any atom is -0.462 e. The van der Waals surface area contributed by atoms with Crippen LogP contribution in [0.15, 0.2) is 109 Å². The highest BCUT2D eigenvalue weighted by Gasteiger charge is 2.19. The maximum atomic E-state index is 12.9. The van der Waals surface area contributed by atoms with Gasteiger partial charge in [-0.25, -0.2) is 0 Å². The van der Waals surface area contributed by atoms with Gasteiger partial charge in [0.25, 0.3) is 0 Å². The van der Waals surface area contributed by atoms with E-state index in [-0.39, 0.29) is 31.1 Å². The molecule has 0 aliphatic rings. The van der Waals surface area contributed by atoms with Crippen molar-refractivity contribution >= 4 is 17.9 Å². The van der Waals surface area contributed by atoms with Crippen molar-refractivity contribution in [3.8, 4) is 0 Å². The summed E-state index contributed by atoms with van der Waals surface area (Å²) in [6.45, 7) is 6.50. The van der Waals surface area contributed by atoms with E-state index in [2.05, 4.69) is 130 Å². The molecule has 6 heteroatoms. The van der Waals surface area contributed by atoms with Gasteiger partial charge in [-0.15, -0.1) is 0 Å². The van der Waals surface area contributed by atoms with E-state index in [4.69, 9.17) is 14.2 Å².